The van der Waals surface area contributed by atoms with E-state index in [4.69, 9.17) is 14.9 Å². The molecule has 1 rings (SSSR count). The molecule has 0 aromatic heterocycles. The first-order valence-corrected chi connectivity index (χ1v) is 6.65. The third-order valence-corrected chi connectivity index (χ3v) is 3.21. The molecule has 0 spiro atoms. The van der Waals surface area contributed by atoms with Crippen LogP contribution in [0.25, 0.3) is 0 Å². The molecule has 0 radical (unpaired) electrons. The maximum atomic E-state index is 11.2. The van der Waals surface area contributed by atoms with Gasteiger partial charge in [-0.25, -0.2) is 9.65 Å². The predicted molar refractivity (Wildman–Crippen MR) is 56.9 cm³/mol. The van der Waals surface area contributed by atoms with Gasteiger partial charge in [0.2, 0.25) is 10.2 Å². The molecule has 0 aromatic rings. The Morgan fingerprint density at radius 3 is 2.41 bits per heavy atom. The molecule has 1 heterocycles. The minimum absolute atomic E-state index is 0.0756. The summed E-state index contributed by atoms with van der Waals surface area (Å²) < 4.78 is 10.6. The van der Waals surface area contributed by atoms with E-state index in [2.05, 4.69) is 0 Å². The van der Waals surface area contributed by atoms with Crippen molar-refractivity contribution in [2.24, 2.45) is 0 Å². The summed E-state index contributed by atoms with van der Waals surface area (Å²) in [4.78, 5) is 49.9. The van der Waals surface area contributed by atoms with Gasteiger partial charge in [0.05, 0.1) is 0 Å². The van der Waals surface area contributed by atoms with Gasteiger partial charge in [0, 0.05) is 18.1 Å². The molecule has 0 bridgehead atoms. The number of rotatable bonds is 5. The highest BCUT2D eigenvalue weighted by Gasteiger charge is 2.31. The lowest BCUT2D eigenvalue weighted by molar-refractivity contribution is -0.139. The van der Waals surface area contributed by atoms with Crippen LogP contribution in [0, 0.1) is 0 Å². The van der Waals surface area contributed by atoms with Gasteiger partial charge in [-0.05, 0) is 11.8 Å². The van der Waals surface area contributed by atoms with E-state index in [0.29, 0.717) is 11.8 Å². The maximum absolute atomic E-state index is 11.2. The first kappa shape index (κ1) is 14.1. The quantitative estimate of drug-likeness (QED) is 0.478. The first-order chi connectivity index (χ1) is 7.69. The van der Waals surface area contributed by atoms with Gasteiger partial charge in [-0.3, -0.25) is 14.4 Å². The van der Waals surface area contributed by atoms with E-state index in [-0.39, 0.29) is 5.57 Å². The molecule has 0 aromatic carbocycles. The van der Waals surface area contributed by atoms with Crippen molar-refractivity contribution in [3.05, 3.63) is 11.6 Å². The number of carbonyl (C=O) groups excluding carboxylic acids is 2. The Morgan fingerprint density at radius 2 is 2.06 bits per heavy atom. The monoisotopic (exact) mass is 281 g/mol. The van der Waals surface area contributed by atoms with Gasteiger partial charge in [0.25, 0.3) is 0 Å². The molecule has 0 fully saturated rings. The van der Waals surface area contributed by atoms with Gasteiger partial charge in [-0.1, -0.05) is 0 Å². The fraction of sp³-hybridized carbons (Fsp3) is 0.286. The highest BCUT2D eigenvalue weighted by atomic mass is 32.2. The molecular formula is C7H8NO7PS. The normalized spacial score (nSPS) is 18.1. The van der Waals surface area contributed by atoms with Gasteiger partial charge in [-0.2, -0.15) is 0 Å². The molecule has 0 saturated carbocycles. The summed E-state index contributed by atoms with van der Waals surface area (Å²) in [6.45, 7) is 0. The van der Waals surface area contributed by atoms with Crippen LogP contribution in [0.1, 0.15) is 6.42 Å². The molecule has 17 heavy (non-hydrogen) atoms. The van der Waals surface area contributed by atoms with Gasteiger partial charge >= 0.3 is 13.7 Å². The van der Waals surface area contributed by atoms with E-state index in [0.717, 1.165) is 6.08 Å². The topological polar surface area (TPSA) is 141 Å². The predicted octanol–water partition coefficient (Wildman–Crippen LogP) is -0.762. The molecule has 0 aliphatic carbocycles. The number of carboxylic acids is 1. The summed E-state index contributed by atoms with van der Waals surface area (Å²) in [7, 11) is -4.73. The third kappa shape index (κ3) is 4.41. The Hall–Kier alpha value is -0.990. The summed E-state index contributed by atoms with van der Waals surface area (Å²) in [5, 5.41) is 9.16. The second-order valence-corrected chi connectivity index (χ2v) is 5.47. The van der Waals surface area contributed by atoms with Gasteiger partial charge in [-0.15, -0.1) is 0 Å². The number of hydrogen-bond acceptors (Lipinski definition) is 5. The van der Waals surface area contributed by atoms with Crippen LogP contribution in [-0.2, 0) is 18.9 Å². The van der Waals surface area contributed by atoms with Crippen molar-refractivity contribution in [1.82, 2.24) is 5.09 Å². The van der Waals surface area contributed by atoms with E-state index in [1.165, 1.54) is 0 Å². The van der Waals surface area contributed by atoms with Gasteiger partial charge < -0.3 is 14.9 Å². The molecule has 1 aliphatic rings. The van der Waals surface area contributed by atoms with E-state index in [1.54, 1.807) is 5.09 Å². The summed E-state index contributed by atoms with van der Waals surface area (Å²) in [6.07, 6.45) is 0.502. The molecule has 8 nitrogen and oxygen atoms in total. The number of carboxylic acid groups (broad SMARTS) is 1. The van der Waals surface area contributed by atoms with E-state index >= 15 is 0 Å². The highest BCUT2D eigenvalue weighted by Crippen LogP contribution is 2.32. The van der Waals surface area contributed by atoms with Crippen LogP contribution in [0.5, 0.6) is 0 Å². The molecule has 10 heteroatoms. The zero-order valence-corrected chi connectivity index (χ0v) is 9.90. The minimum Gasteiger partial charge on any atom is -0.480 e. The fourth-order valence-corrected chi connectivity index (χ4v) is 2.41. The number of carbonyl (C=O) groups is 3. The lowest BCUT2D eigenvalue weighted by Crippen LogP contribution is -2.35. The SMILES string of the molecule is O=C1C=C(CC(NP(=O)(O)O)C(=O)O)C(=O)S1. The Morgan fingerprint density at radius 1 is 1.47 bits per heavy atom. The van der Waals surface area contributed by atoms with Crippen LogP contribution in [0.4, 0.5) is 0 Å². The van der Waals surface area contributed by atoms with E-state index < -0.39 is 36.4 Å². The van der Waals surface area contributed by atoms with Crippen molar-refractivity contribution in [3.63, 3.8) is 0 Å². The Bertz CT molecular complexity index is 453. The number of hydrogen-bond donors (Lipinski definition) is 4. The molecule has 0 amide bonds. The number of nitrogens with one attached hydrogen (secondary N) is 1. The maximum Gasteiger partial charge on any atom is 0.401 e. The van der Waals surface area contributed by atoms with E-state index in [9.17, 15) is 18.9 Å². The smallest absolute Gasteiger partial charge is 0.401 e. The van der Waals surface area contributed by atoms with Crippen molar-refractivity contribution >= 4 is 35.7 Å². The zero-order valence-electron chi connectivity index (χ0n) is 8.19. The second-order valence-electron chi connectivity index (χ2n) is 3.15. The molecular weight excluding hydrogens is 273 g/mol. The number of aliphatic carboxylic acids is 1. The summed E-state index contributed by atoms with van der Waals surface area (Å²) in [5.41, 5.74) is -0.0756. The van der Waals surface area contributed by atoms with Crippen molar-refractivity contribution in [1.29, 1.82) is 0 Å². The Labute approximate surface area is 99.3 Å². The van der Waals surface area contributed by atoms with Crippen LogP contribution in [0.3, 0.4) is 0 Å². The average molecular weight is 281 g/mol. The first-order valence-electron chi connectivity index (χ1n) is 4.22. The second kappa shape index (κ2) is 5.11. The molecule has 1 atom stereocenters. The van der Waals surface area contributed by atoms with Crippen molar-refractivity contribution in [3.8, 4) is 0 Å². The van der Waals surface area contributed by atoms with Crippen LogP contribution >= 0.6 is 19.5 Å². The summed E-state index contributed by atoms with van der Waals surface area (Å²) in [5.74, 6) is -1.52. The molecule has 0 saturated heterocycles. The Kier molecular flexibility index (Phi) is 4.23. The largest absolute Gasteiger partial charge is 0.480 e. The standard InChI is InChI=1S/C7H8NO7PS/c9-5-2-3(7(12)17-5)1-4(6(10)11)8-16(13,14)15/h2,4H,1H2,(H,10,11)(H3,8,13,14,15). The van der Waals surface area contributed by atoms with Crippen molar-refractivity contribution in [2.45, 2.75) is 12.5 Å². The number of thioether (sulfide) groups is 1. The summed E-state index contributed by atoms with van der Waals surface area (Å²) in [6, 6.07) is -1.63. The molecule has 94 valence electrons. The Balaban J connectivity index is 2.78. The molecule has 1 aliphatic heterocycles. The fourth-order valence-electron chi connectivity index (χ4n) is 1.14. The van der Waals surface area contributed by atoms with Crippen LogP contribution in [0.15, 0.2) is 11.6 Å². The zero-order chi connectivity index (χ0) is 13.2. The van der Waals surface area contributed by atoms with E-state index in [1.807, 2.05) is 0 Å². The molecule has 1 unspecified atom stereocenters. The van der Waals surface area contributed by atoms with Crippen LogP contribution in [0.2, 0.25) is 0 Å². The van der Waals surface area contributed by atoms with Crippen LogP contribution < -0.4 is 5.09 Å². The van der Waals surface area contributed by atoms with Crippen LogP contribution in [-0.4, -0.2) is 37.1 Å². The lowest BCUT2D eigenvalue weighted by Gasteiger charge is -2.14. The third-order valence-electron chi connectivity index (χ3n) is 1.79. The lowest BCUT2D eigenvalue weighted by atomic mass is 10.1. The highest BCUT2D eigenvalue weighted by molar-refractivity contribution is 8.27. The summed E-state index contributed by atoms with van der Waals surface area (Å²) >= 11 is 0.415. The van der Waals surface area contributed by atoms with Gasteiger partial charge in [0.15, 0.2) is 0 Å². The van der Waals surface area contributed by atoms with Crippen molar-refractivity contribution in [2.75, 3.05) is 0 Å². The average Bonchev–Trinajstić information content (AvgIpc) is 2.41. The van der Waals surface area contributed by atoms with Crippen molar-refractivity contribution < 1.29 is 33.8 Å². The minimum atomic E-state index is -4.73. The molecule has 4 N–H and O–H groups in total. The van der Waals surface area contributed by atoms with Gasteiger partial charge in [0.1, 0.15) is 6.04 Å².